The van der Waals surface area contributed by atoms with Gasteiger partial charge in [0.25, 0.3) is 0 Å². The Labute approximate surface area is 292 Å². The van der Waals surface area contributed by atoms with E-state index in [1.807, 2.05) is 32.1 Å². The Balaban J connectivity index is 0.000000717. The van der Waals surface area contributed by atoms with Crippen LogP contribution >= 0.6 is 0 Å². The Hall–Kier alpha value is -1.71. The van der Waals surface area contributed by atoms with Gasteiger partial charge in [-0.05, 0) is 84.8 Å². The molecule has 2 saturated carbocycles. The molecule has 0 amide bonds. The number of nitrogens with zero attached hydrogens (tertiary/aromatic N) is 1. The van der Waals surface area contributed by atoms with Crippen LogP contribution in [0, 0.1) is 63.4 Å². The van der Waals surface area contributed by atoms with Crippen molar-refractivity contribution in [2.24, 2.45) is 0 Å². The van der Waals surface area contributed by atoms with Gasteiger partial charge in [-0.15, -0.1) is 0 Å². The van der Waals surface area contributed by atoms with Gasteiger partial charge in [0.15, 0.2) is 24.0 Å². The zero-order chi connectivity index (χ0) is 34.5. The van der Waals surface area contributed by atoms with Crippen LogP contribution in [0.3, 0.4) is 0 Å². The van der Waals surface area contributed by atoms with E-state index in [1.54, 1.807) is 40.5 Å². The molecule has 0 spiro atoms. The van der Waals surface area contributed by atoms with Crippen molar-refractivity contribution < 1.29 is 71.8 Å². The van der Waals surface area contributed by atoms with Crippen LogP contribution in [0.25, 0.3) is 10.9 Å². The molecule has 10 radical (unpaired) electrons. The number of alkyl halides is 6. The number of para-hydroxylation sites is 1. The summed E-state index contributed by atoms with van der Waals surface area (Å²) in [6.07, 6.45) is 2.65. The first-order chi connectivity index (χ1) is 22.5. The standard InChI is InChI=1S/C29H29F6N2O6.C5H5.Fe/c1-26(2)40-19(22-23(41-26)24-25(39-22)43-27(3,4)42-24)13-36-12-14-7-5-10-17(14)38-18-11-20(29(33,34)35)37-21-15(18)8-6-9-16(21)28(30,31)32;1-2-4-5-3-1;/h5-11,19,22-25,36H,12-13H2,1-4H3;1-5H;/q;;+2/t19-,22+,23-,24+,25+;;/m0../s1. The Morgan fingerprint density at radius 3 is 2.10 bits per heavy atom. The molecular formula is C34H34F6FeN2O6+2. The second-order valence-electron chi connectivity index (χ2n) is 12.5. The normalized spacial score (nSPS) is 29.6. The van der Waals surface area contributed by atoms with E-state index in [0.717, 1.165) is 6.07 Å². The number of rotatable bonds is 6. The van der Waals surface area contributed by atoms with Gasteiger partial charge < -0.3 is 33.7 Å². The zero-order valence-corrected chi connectivity index (χ0v) is 27.9. The van der Waals surface area contributed by atoms with Gasteiger partial charge >= 0.3 is 29.4 Å². The third-order valence-corrected chi connectivity index (χ3v) is 7.94. The molecule has 3 saturated heterocycles. The molecular weight excluding hydrogens is 702 g/mol. The number of hydrogen-bond donors (Lipinski definition) is 1. The number of pyridine rings is 1. The van der Waals surface area contributed by atoms with Gasteiger partial charge in [-0.1, -0.05) is 6.07 Å². The summed E-state index contributed by atoms with van der Waals surface area (Å²) >= 11 is 0. The fourth-order valence-corrected chi connectivity index (χ4v) is 6.03. The summed E-state index contributed by atoms with van der Waals surface area (Å²) in [5.74, 6) is -1.60. The Morgan fingerprint density at radius 2 is 1.45 bits per heavy atom. The quantitative estimate of drug-likeness (QED) is 0.270. The van der Waals surface area contributed by atoms with Crippen molar-refractivity contribution in [3.63, 3.8) is 0 Å². The molecule has 1 N–H and O–H groups in total. The van der Waals surface area contributed by atoms with Crippen LogP contribution < -0.4 is 10.1 Å². The fourth-order valence-electron chi connectivity index (χ4n) is 6.03. The summed E-state index contributed by atoms with van der Waals surface area (Å²) in [6.45, 7) is 7.66. The van der Waals surface area contributed by atoms with Crippen molar-refractivity contribution >= 4 is 10.9 Å². The van der Waals surface area contributed by atoms with E-state index in [0.29, 0.717) is 24.6 Å². The SMILES string of the molecule is CC1(C)O[C@H]2O[C@H]3[C@H](OC(C)(C)O[C@H]3CNC[C]3[CH][CH][CH][C]3Oc3cc(C(F)(F)F)nc4c(C(F)(F)F)cccc34)[C@H]2O1.[CH]1[CH][CH][CH][CH]1.[Fe+2]. The van der Waals surface area contributed by atoms with Gasteiger partial charge in [0.2, 0.25) is 0 Å². The molecule has 264 valence electrons. The molecule has 0 bridgehead atoms. The van der Waals surface area contributed by atoms with E-state index in [-0.39, 0.29) is 35.1 Å². The molecule has 3 aliphatic heterocycles. The Kier molecular flexibility index (Phi) is 11.6. The van der Waals surface area contributed by atoms with Crippen molar-refractivity contribution in [1.82, 2.24) is 10.3 Å². The summed E-state index contributed by atoms with van der Waals surface area (Å²) in [7, 11) is 0. The number of nitrogens with one attached hydrogen (secondary N) is 1. The minimum absolute atomic E-state index is 0. The summed E-state index contributed by atoms with van der Waals surface area (Å²) < 4.78 is 118. The third kappa shape index (κ3) is 8.85. The largest absolute Gasteiger partial charge is 2.00 e. The van der Waals surface area contributed by atoms with Crippen LogP contribution in [-0.2, 0) is 53.1 Å². The van der Waals surface area contributed by atoms with Gasteiger partial charge in [-0.2, -0.15) is 26.3 Å². The summed E-state index contributed by atoms with van der Waals surface area (Å²) in [5.41, 5.74) is -3.64. The smallest absolute Gasteiger partial charge is 0.481 e. The van der Waals surface area contributed by atoms with Crippen molar-refractivity contribution in [3.8, 4) is 5.75 Å². The van der Waals surface area contributed by atoms with Crippen LogP contribution in [-0.4, -0.2) is 60.4 Å². The molecule has 15 heteroatoms. The first kappa shape index (κ1) is 38.5. The van der Waals surface area contributed by atoms with E-state index >= 15 is 0 Å². The maximum absolute atomic E-state index is 13.6. The minimum Gasteiger partial charge on any atom is -0.481 e. The molecule has 1 aromatic carbocycles. The predicted molar refractivity (Wildman–Crippen MR) is 159 cm³/mol. The van der Waals surface area contributed by atoms with Crippen LogP contribution in [0.2, 0.25) is 0 Å². The van der Waals surface area contributed by atoms with Gasteiger partial charge in [-0.25, -0.2) is 4.98 Å². The van der Waals surface area contributed by atoms with E-state index in [4.69, 9.17) is 28.4 Å². The van der Waals surface area contributed by atoms with Crippen molar-refractivity contribution in [2.45, 2.75) is 82.3 Å². The van der Waals surface area contributed by atoms with Crippen molar-refractivity contribution in [2.75, 3.05) is 13.1 Å². The number of halogens is 6. The average molecular weight is 736 g/mol. The predicted octanol–water partition coefficient (Wildman–Crippen LogP) is 6.39. The molecule has 2 aromatic rings. The van der Waals surface area contributed by atoms with Crippen molar-refractivity contribution in [1.29, 1.82) is 0 Å². The van der Waals surface area contributed by atoms with Crippen LogP contribution in [0.15, 0.2) is 24.3 Å². The Morgan fingerprint density at radius 1 is 0.796 bits per heavy atom. The van der Waals surface area contributed by atoms with Crippen LogP contribution in [0.1, 0.15) is 39.0 Å². The zero-order valence-electron chi connectivity index (χ0n) is 26.7. The number of benzene rings is 1. The van der Waals surface area contributed by atoms with Gasteiger partial charge in [-0.3, -0.25) is 0 Å². The van der Waals surface area contributed by atoms with E-state index in [2.05, 4.69) is 10.3 Å². The molecule has 7 rings (SSSR count). The van der Waals surface area contributed by atoms with Gasteiger partial charge in [0, 0.05) is 36.9 Å². The van der Waals surface area contributed by atoms with Crippen molar-refractivity contribution in [3.05, 3.63) is 98.9 Å². The van der Waals surface area contributed by atoms with E-state index in [9.17, 15) is 26.3 Å². The van der Waals surface area contributed by atoms with Gasteiger partial charge in [0.05, 0.1) is 11.1 Å². The monoisotopic (exact) mass is 736 g/mol. The number of aromatic nitrogens is 1. The molecule has 0 unspecified atom stereocenters. The first-order valence-electron chi connectivity index (χ1n) is 15.3. The maximum Gasteiger partial charge on any atom is 2.00 e. The number of ether oxygens (including phenoxy) is 6. The molecule has 4 heterocycles. The topological polar surface area (TPSA) is 80.3 Å². The molecule has 5 aliphatic rings. The number of fused-ring (bicyclic) bond motifs is 4. The fraction of sp³-hybridized carbons (Fsp3) is 0.441. The van der Waals surface area contributed by atoms with E-state index < -0.39 is 77.2 Å². The summed E-state index contributed by atoms with van der Waals surface area (Å²) in [5, 5.41) is 3.05. The van der Waals surface area contributed by atoms with Crippen LogP contribution in [0.4, 0.5) is 26.3 Å². The molecule has 8 nitrogen and oxygen atoms in total. The molecule has 5 atom stereocenters. The second-order valence-corrected chi connectivity index (χ2v) is 12.5. The molecule has 49 heavy (non-hydrogen) atoms. The third-order valence-electron chi connectivity index (χ3n) is 7.94. The molecule has 1 aromatic heterocycles. The molecule has 5 fully saturated rings. The van der Waals surface area contributed by atoms with Crippen LogP contribution in [0.5, 0.6) is 5.75 Å². The van der Waals surface area contributed by atoms with E-state index in [1.165, 1.54) is 12.5 Å². The minimum atomic E-state index is -5.00. The second kappa shape index (κ2) is 14.7. The number of hydrogen-bond acceptors (Lipinski definition) is 8. The van der Waals surface area contributed by atoms with Gasteiger partial charge in [0.1, 0.15) is 35.9 Å². The summed E-state index contributed by atoms with van der Waals surface area (Å²) in [4.78, 5) is 3.30. The molecule has 2 aliphatic carbocycles. The average Bonchev–Trinajstić information content (AvgIpc) is 3.79. The Bertz CT molecular complexity index is 1430. The summed E-state index contributed by atoms with van der Waals surface area (Å²) in [6, 6.07) is 3.62. The maximum atomic E-state index is 13.6. The first-order valence-corrected chi connectivity index (χ1v) is 15.3.